The fraction of sp³-hybridized carbons (Fsp3) is 0.0741. The van der Waals surface area contributed by atoms with Crippen molar-refractivity contribution in [1.82, 2.24) is 14.8 Å². The van der Waals surface area contributed by atoms with Crippen LogP contribution in [0.15, 0.2) is 85.2 Å². The summed E-state index contributed by atoms with van der Waals surface area (Å²) in [6.07, 6.45) is -1.55. The number of fused-ring (bicyclic) bond motifs is 1. The SMILES string of the molecule is O=C(c1c(Cl)cccc1C(F)(F)F)n1nc(-c2ccc(CO)cc2)c2ccc(-c3ccncc3)cc21. The second-order valence-corrected chi connectivity index (χ2v) is 8.46. The van der Waals surface area contributed by atoms with Crippen LogP contribution in [-0.2, 0) is 12.8 Å². The number of hydrogen-bond acceptors (Lipinski definition) is 4. The van der Waals surface area contributed by atoms with Gasteiger partial charge in [0.05, 0.1) is 28.3 Å². The molecule has 0 aliphatic carbocycles. The monoisotopic (exact) mass is 507 g/mol. The summed E-state index contributed by atoms with van der Waals surface area (Å²) in [6.45, 7) is -0.143. The zero-order valence-corrected chi connectivity index (χ0v) is 19.3. The van der Waals surface area contributed by atoms with Crippen molar-refractivity contribution in [2.75, 3.05) is 0 Å². The minimum Gasteiger partial charge on any atom is -0.392 e. The third-order valence-corrected chi connectivity index (χ3v) is 6.14. The van der Waals surface area contributed by atoms with Crippen LogP contribution in [0, 0.1) is 0 Å². The molecule has 0 spiro atoms. The lowest BCUT2D eigenvalue weighted by atomic mass is 10.0. The Balaban J connectivity index is 1.76. The van der Waals surface area contributed by atoms with Gasteiger partial charge in [0.2, 0.25) is 0 Å². The first kappa shape index (κ1) is 23.7. The van der Waals surface area contributed by atoms with Crippen molar-refractivity contribution in [3.8, 4) is 22.4 Å². The van der Waals surface area contributed by atoms with Gasteiger partial charge in [-0.25, -0.2) is 0 Å². The van der Waals surface area contributed by atoms with E-state index < -0.39 is 23.2 Å². The summed E-state index contributed by atoms with van der Waals surface area (Å²) >= 11 is 6.12. The van der Waals surface area contributed by atoms with Crippen LogP contribution in [0.1, 0.15) is 21.5 Å². The molecule has 0 saturated heterocycles. The molecule has 0 unspecified atom stereocenters. The van der Waals surface area contributed by atoms with Crippen LogP contribution >= 0.6 is 11.6 Å². The Morgan fingerprint density at radius 3 is 2.28 bits per heavy atom. The van der Waals surface area contributed by atoms with E-state index in [2.05, 4.69) is 10.1 Å². The Kier molecular flexibility index (Phi) is 6.07. The Morgan fingerprint density at radius 1 is 0.917 bits per heavy atom. The van der Waals surface area contributed by atoms with Crippen LogP contribution in [0.5, 0.6) is 0 Å². The highest BCUT2D eigenvalue weighted by Gasteiger charge is 2.37. The molecule has 9 heteroatoms. The fourth-order valence-electron chi connectivity index (χ4n) is 4.06. The fourth-order valence-corrected chi connectivity index (χ4v) is 4.31. The van der Waals surface area contributed by atoms with Gasteiger partial charge in [-0.15, -0.1) is 0 Å². The molecule has 2 aromatic heterocycles. The van der Waals surface area contributed by atoms with E-state index in [9.17, 15) is 23.1 Å². The molecule has 1 N–H and O–H groups in total. The number of alkyl halides is 3. The minimum atomic E-state index is -4.79. The van der Waals surface area contributed by atoms with Crippen LogP contribution in [0.25, 0.3) is 33.3 Å². The molecule has 5 rings (SSSR count). The predicted molar refractivity (Wildman–Crippen MR) is 131 cm³/mol. The first-order valence-corrected chi connectivity index (χ1v) is 11.2. The van der Waals surface area contributed by atoms with E-state index in [1.807, 2.05) is 6.07 Å². The largest absolute Gasteiger partial charge is 0.417 e. The third-order valence-electron chi connectivity index (χ3n) is 5.83. The quantitative estimate of drug-likeness (QED) is 0.297. The lowest BCUT2D eigenvalue weighted by Gasteiger charge is -2.13. The number of carbonyl (C=O) groups is 1. The van der Waals surface area contributed by atoms with Gasteiger partial charge >= 0.3 is 6.18 Å². The molecule has 3 aromatic carbocycles. The highest BCUT2D eigenvalue weighted by Crippen LogP contribution is 2.37. The van der Waals surface area contributed by atoms with Crippen LogP contribution in [0.3, 0.4) is 0 Å². The van der Waals surface area contributed by atoms with E-state index in [0.29, 0.717) is 27.7 Å². The summed E-state index contributed by atoms with van der Waals surface area (Å²) in [5.74, 6) is -0.997. The molecule has 0 amide bonds. The summed E-state index contributed by atoms with van der Waals surface area (Å²) < 4.78 is 42.3. The van der Waals surface area contributed by atoms with E-state index in [0.717, 1.165) is 27.9 Å². The van der Waals surface area contributed by atoms with Gasteiger partial charge < -0.3 is 5.11 Å². The van der Waals surface area contributed by atoms with Crippen LogP contribution in [-0.4, -0.2) is 25.8 Å². The first-order chi connectivity index (χ1) is 17.3. The summed E-state index contributed by atoms with van der Waals surface area (Å²) in [6, 6.07) is 19.0. The van der Waals surface area contributed by atoms with Crippen LogP contribution < -0.4 is 0 Å². The number of nitrogens with zero attached hydrogens (tertiary/aromatic N) is 3. The molecule has 2 heterocycles. The molecule has 180 valence electrons. The standard InChI is InChI=1S/C27H17ClF3N3O2/c28-22-3-1-2-21(27(29,30)31)24(22)26(36)34-23-14-19(17-10-12-32-13-11-17)8-9-20(23)25(33-34)18-6-4-16(15-35)5-7-18/h1-14,35H,15H2. The second-order valence-electron chi connectivity index (χ2n) is 8.05. The van der Waals surface area contributed by atoms with E-state index in [1.165, 1.54) is 6.07 Å². The molecule has 0 aliphatic rings. The van der Waals surface area contributed by atoms with E-state index in [1.54, 1.807) is 60.9 Å². The zero-order chi connectivity index (χ0) is 25.4. The van der Waals surface area contributed by atoms with Crippen molar-refractivity contribution in [2.24, 2.45) is 0 Å². The number of carbonyl (C=O) groups excluding carboxylic acids is 1. The number of aliphatic hydroxyl groups is 1. The Morgan fingerprint density at radius 2 is 1.61 bits per heavy atom. The molecule has 0 aliphatic heterocycles. The van der Waals surface area contributed by atoms with Crippen molar-refractivity contribution in [3.05, 3.63) is 107 Å². The van der Waals surface area contributed by atoms with Crippen molar-refractivity contribution >= 4 is 28.4 Å². The molecule has 36 heavy (non-hydrogen) atoms. The summed E-state index contributed by atoms with van der Waals surface area (Å²) in [7, 11) is 0. The van der Waals surface area contributed by atoms with Crippen molar-refractivity contribution in [1.29, 1.82) is 0 Å². The third kappa shape index (κ3) is 4.25. The number of aromatic nitrogens is 3. The average molecular weight is 508 g/mol. The van der Waals surface area contributed by atoms with E-state index >= 15 is 0 Å². The molecular weight excluding hydrogens is 491 g/mol. The molecule has 0 bridgehead atoms. The van der Waals surface area contributed by atoms with Gasteiger partial charge in [-0.3, -0.25) is 9.78 Å². The zero-order valence-electron chi connectivity index (χ0n) is 18.5. The molecule has 5 nitrogen and oxygen atoms in total. The lowest BCUT2D eigenvalue weighted by molar-refractivity contribution is -0.137. The highest BCUT2D eigenvalue weighted by molar-refractivity contribution is 6.34. The van der Waals surface area contributed by atoms with Crippen LogP contribution in [0.2, 0.25) is 5.02 Å². The second kappa shape index (κ2) is 9.22. The smallest absolute Gasteiger partial charge is 0.392 e. The van der Waals surface area contributed by atoms with Gasteiger partial charge in [0, 0.05) is 23.3 Å². The molecule has 0 radical (unpaired) electrons. The van der Waals surface area contributed by atoms with Gasteiger partial charge in [-0.2, -0.15) is 23.0 Å². The molecule has 0 fully saturated rings. The predicted octanol–water partition coefficient (Wildman–Crippen LogP) is 6.62. The topological polar surface area (TPSA) is 68.0 Å². The molecule has 0 atom stereocenters. The average Bonchev–Trinajstić information content (AvgIpc) is 3.27. The maximum Gasteiger partial charge on any atom is 0.417 e. The maximum absolute atomic E-state index is 13.8. The van der Waals surface area contributed by atoms with Crippen molar-refractivity contribution < 1.29 is 23.1 Å². The van der Waals surface area contributed by atoms with E-state index in [-0.39, 0.29) is 11.6 Å². The summed E-state index contributed by atoms with van der Waals surface area (Å²) in [4.78, 5) is 17.6. The first-order valence-electron chi connectivity index (χ1n) is 10.8. The number of hydrogen-bond donors (Lipinski definition) is 1. The van der Waals surface area contributed by atoms with E-state index in [4.69, 9.17) is 11.6 Å². The molecule has 0 saturated carbocycles. The van der Waals surface area contributed by atoms with Gasteiger partial charge in [0.1, 0.15) is 5.69 Å². The minimum absolute atomic E-state index is 0.143. The van der Waals surface area contributed by atoms with Crippen molar-refractivity contribution in [3.63, 3.8) is 0 Å². The Hall–Kier alpha value is -4.01. The summed E-state index contributed by atoms with van der Waals surface area (Å²) in [5.41, 5.74) is 1.79. The Labute approximate surface area is 208 Å². The number of rotatable bonds is 4. The Bertz CT molecular complexity index is 1580. The molecular formula is C27H17ClF3N3O2. The van der Waals surface area contributed by atoms with Gasteiger partial charge in [-0.1, -0.05) is 48.0 Å². The number of aliphatic hydroxyl groups excluding tert-OH is 1. The van der Waals surface area contributed by atoms with Crippen molar-refractivity contribution in [2.45, 2.75) is 12.8 Å². The van der Waals surface area contributed by atoms with Gasteiger partial charge in [0.15, 0.2) is 0 Å². The summed E-state index contributed by atoms with van der Waals surface area (Å²) in [5, 5.41) is 14.1. The number of halogens is 4. The van der Waals surface area contributed by atoms with Crippen LogP contribution in [0.4, 0.5) is 13.2 Å². The normalized spacial score (nSPS) is 11.7. The number of pyridine rings is 1. The van der Waals surface area contributed by atoms with Gasteiger partial charge in [-0.05, 0) is 53.1 Å². The number of benzene rings is 3. The molecule has 5 aromatic rings. The van der Waals surface area contributed by atoms with Gasteiger partial charge in [0.25, 0.3) is 5.91 Å². The highest BCUT2D eigenvalue weighted by atomic mass is 35.5. The lowest BCUT2D eigenvalue weighted by Crippen LogP contribution is -2.20. The maximum atomic E-state index is 13.8.